The van der Waals surface area contributed by atoms with Gasteiger partial charge >= 0.3 is 0 Å². The number of phenols is 1. The Labute approximate surface area is 121 Å². The second-order valence-corrected chi connectivity index (χ2v) is 5.58. The van der Waals surface area contributed by atoms with Crippen LogP contribution in [-0.4, -0.2) is 35.0 Å². The smallest absolute Gasteiger partial charge is 0.128 e. The van der Waals surface area contributed by atoms with Crippen molar-refractivity contribution in [1.82, 2.24) is 5.01 Å². The summed E-state index contributed by atoms with van der Waals surface area (Å²) in [6, 6.07) is 6.23. The van der Waals surface area contributed by atoms with E-state index in [4.69, 9.17) is 9.84 Å². The zero-order chi connectivity index (χ0) is 14.7. The average Bonchev–Trinajstić information content (AvgIpc) is 2.42. The topological polar surface area (TPSA) is 45.1 Å². The van der Waals surface area contributed by atoms with E-state index in [0.29, 0.717) is 17.8 Å². The Kier molecular flexibility index (Phi) is 4.53. The van der Waals surface area contributed by atoms with Crippen molar-refractivity contribution in [2.45, 2.75) is 52.1 Å². The molecule has 0 radical (unpaired) electrons. The van der Waals surface area contributed by atoms with E-state index in [0.717, 1.165) is 11.3 Å². The molecule has 2 unspecified atom stereocenters. The van der Waals surface area contributed by atoms with Gasteiger partial charge in [-0.15, -0.1) is 0 Å². The molecule has 0 aliphatic carbocycles. The molecule has 20 heavy (non-hydrogen) atoms. The maximum absolute atomic E-state index is 10.1. The van der Waals surface area contributed by atoms with Crippen molar-refractivity contribution >= 4 is 5.71 Å². The Balaban J connectivity index is 2.25. The number of benzene rings is 1. The molecule has 0 bridgehead atoms. The molecule has 0 aromatic heterocycles. The molecule has 4 nitrogen and oxygen atoms in total. The van der Waals surface area contributed by atoms with E-state index in [1.807, 2.05) is 19.1 Å². The van der Waals surface area contributed by atoms with Crippen LogP contribution < -0.4 is 4.74 Å². The van der Waals surface area contributed by atoms with Crippen LogP contribution in [0.25, 0.3) is 0 Å². The monoisotopic (exact) mass is 276 g/mol. The molecule has 1 saturated heterocycles. The molecule has 1 fully saturated rings. The van der Waals surface area contributed by atoms with Crippen LogP contribution in [0.5, 0.6) is 11.5 Å². The fraction of sp³-hybridized carbons (Fsp3) is 0.562. The summed E-state index contributed by atoms with van der Waals surface area (Å²) < 4.78 is 5.10. The zero-order valence-corrected chi connectivity index (χ0v) is 12.8. The molecule has 1 aliphatic rings. The van der Waals surface area contributed by atoms with Crippen molar-refractivity contribution in [3.63, 3.8) is 0 Å². The summed E-state index contributed by atoms with van der Waals surface area (Å²) in [4.78, 5) is 0. The quantitative estimate of drug-likeness (QED) is 0.861. The molecule has 110 valence electrons. The molecule has 1 aromatic rings. The van der Waals surface area contributed by atoms with E-state index >= 15 is 0 Å². The highest BCUT2D eigenvalue weighted by Gasteiger charge is 2.23. The van der Waals surface area contributed by atoms with Crippen molar-refractivity contribution in [1.29, 1.82) is 0 Å². The van der Waals surface area contributed by atoms with Crippen molar-refractivity contribution in [3.05, 3.63) is 23.8 Å². The normalized spacial score (nSPS) is 23.8. The van der Waals surface area contributed by atoms with E-state index < -0.39 is 0 Å². The standard InChI is InChI=1S/C16H24N2O2/c1-11-6-5-7-12(2)18(11)17-13(3)15-9-8-14(20-4)10-16(15)19/h8-12,19H,5-7H2,1-4H3. The van der Waals surface area contributed by atoms with Gasteiger partial charge in [-0.2, -0.15) is 5.10 Å². The average molecular weight is 276 g/mol. The lowest BCUT2D eigenvalue weighted by Crippen LogP contribution is -2.40. The highest BCUT2D eigenvalue weighted by atomic mass is 16.5. The maximum Gasteiger partial charge on any atom is 0.128 e. The number of methoxy groups -OCH3 is 1. The molecule has 1 aromatic carbocycles. The molecule has 1 aliphatic heterocycles. The van der Waals surface area contributed by atoms with Crippen molar-refractivity contribution in [3.8, 4) is 11.5 Å². The molecular weight excluding hydrogens is 252 g/mol. The van der Waals surface area contributed by atoms with Crippen LogP contribution in [0.3, 0.4) is 0 Å². The van der Waals surface area contributed by atoms with Gasteiger partial charge in [0.1, 0.15) is 11.5 Å². The van der Waals surface area contributed by atoms with Crippen molar-refractivity contribution in [2.75, 3.05) is 7.11 Å². The predicted molar refractivity (Wildman–Crippen MR) is 81.5 cm³/mol. The fourth-order valence-electron chi connectivity index (χ4n) is 2.78. The number of nitrogens with zero attached hydrogens (tertiary/aromatic N) is 2. The second kappa shape index (κ2) is 6.16. The largest absolute Gasteiger partial charge is 0.507 e. The first kappa shape index (κ1) is 14.7. The maximum atomic E-state index is 10.1. The van der Waals surface area contributed by atoms with Crippen LogP contribution in [0.1, 0.15) is 45.6 Å². The second-order valence-electron chi connectivity index (χ2n) is 5.58. The number of hydrogen-bond acceptors (Lipinski definition) is 4. The molecule has 2 atom stereocenters. The van der Waals surface area contributed by atoms with Gasteiger partial charge in [0.2, 0.25) is 0 Å². The third-order valence-corrected chi connectivity index (χ3v) is 4.01. The van der Waals surface area contributed by atoms with Crippen LogP contribution >= 0.6 is 0 Å². The molecule has 1 N–H and O–H groups in total. The number of rotatable bonds is 3. The summed E-state index contributed by atoms with van der Waals surface area (Å²) in [5.41, 5.74) is 1.60. The third-order valence-electron chi connectivity index (χ3n) is 4.01. The Morgan fingerprint density at radius 3 is 2.50 bits per heavy atom. The summed E-state index contributed by atoms with van der Waals surface area (Å²) in [7, 11) is 1.59. The highest BCUT2D eigenvalue weighted by Crippen LogP contribution is 2.26. The molecule has 0 saturated carbocycles. The number of ether oxygens (including phenoxy) is 1. The first-order chi connectivity index (χ1) is 9.52. The van der Waals surface area contributed by atoms with Crippen molar-refractivity contribution < 1.29 is 9.84 Å². The van der Waals surface area contributed by atoms with Crippen LogP contribution in [0.2, 0.25) is 0 Å². The van der Waals surface area contributed by atoms with E-state index in [1.165, 1.54) is 19.3 Å². The van der Waals surface area contributed by atoms with Gasteiger partial charge in [-0.25, -0.2) is 0 Å². The van der Waals surface area contributed by atoms with Gasteiger partial charge in [-0.3, -0.25) is 5.01 Å². The highest BCUT2D eigenvalue weighted by molar-refractivity contribution is 6.01. The molecule has 0 spiro atoms. The Bertz CT molecular complexity index is 489. The molecule has 0 amide bonds. The Hall–Kier alpha value is -1.71. The van der Waals surface area contributed by atoms with Gasteiger partial charge in [0.05, 0.1) is 12.8 Å². The first-order valence-electron chi connectivity index (χ1n) is 7.24. The lowest BCUT2D eigenvalue weighted by atomic mass is 10.00. The molecule has 2 rings (SSSR count). The minimum Gasteiger partial charge on any atom is -0.507 e. The van der Waals surface area contributed by atoms with Crippen LogP contribution in [0.4, 0.5) is 0 Å². The minimum atomic E-state index is 0.211. The van der Waals surface area contributed by atoms with Crippen LogP contribution in [0, 0.1) is 0 Å². The summed E-state index contributed by atoms with van der Waals surface area (Å²) in [6.07, 6.45) is 3.62. The number of aromatic hydroxyl groups is 1. The number of hydrazone groups is 1. The Morgan fingerprint density at radius 1 is 1.30 bits per heavy atom. The number of piperidine rings is 1. The predicted octanol–water partition coefficient (Wildman–Crippen LogP) is 3.39. The summed E-state index contributed by atoms with van der Waals surface area (Å²) in [5.74, 6) is 0.863. The zero-order valence-electron chi connectivity index (χ0n) is 12.8. The summed E-state index contributed by atoms with van der Waals surface area (Å²) in [5, 5.41) is 17.0. The summed E-state index contributed by atoms with van der Waals surface area (Å²) in [6.45, 7) is 6.36. The molecule has 1 heterocycles. The van der Waals surface area contributed by atoms with Crippen LogP contribution in [-0.2, 0) is 0 Å². The van der Waals surface area contributed by atoms with E-state index in [1.54, 1.807) is 13.2 Å². The van der Waals surface area contributed by atoms with E-state index in [2.05, 4.69) is 18.9 Å². The van der Waals surface area contributed by atoms with Gasteiger partial charge in [0, 0.05) is 23.7 Å². The van der Waals surface area contributed by atoms with Gasteiger partial charge in [0.15, 0.2) is 0 Å². The van der Waals surface area contributed by atoms with Gasteiger partial charge in [0.25, 0.3) is 0 Å². The van der Waals surface area contributed by atoms with Gasteiger partial charge in [-0.1, -0.05) is 0 Å². The first-order valence-corrected chi connectivity index (χ1v) is 7.24. The molecular formula is C16H24N2O2. The lowest BCUT2D eigenvalue weighted by Gasteiger charge is -2.37. The van der Waals surface area contributed by atoms with E-state index in [9.17, 15) is 5.11 Å². The number of phenolic OH excluding ortho intramolecular Hbond substituents is 1. The van der Waals surface area contributed by atoms with E-state index in [-0.39, 0.29) is 5.75 Å². The SMILES string of the molecule is COc1ccc(C(C)=NN2C(C)CCCC2C)c(O)c1. The summed E-state index contributed by atoms with van der Waals surface area (Å²) >= 11 is 0. The molecule has 4 heteroatoms. The Morgan fingerprint density at radius 2 is 1.95 bits per heavy atom. The number of hydrogen-bond donors (Lipinski definition) is 1. The van der Waals surface area contributed by atoms with Crippen molar-refractivity contribution in [2.24, 2.45) is 5.10 Å². The van der Waals surface area contributed by atoms with Crippen LogP contribution in [0.15, 0.2) is 23.3 Å². The minimum absolute atomic E-state index is 0.211. The van der Waals surface area contributed by atoms with Gasteiger partial charge < -0.3 is 9.84 Å². The van der Waals surface area contributed by atoms with Gasteiger partial charge in [-0.05, 0) is 52.2 Å². The fourth-order valence-corrected chi connectivity index (χ4v) is 2.78. The lowest BCUT2D eigenvalue weighted by molar-refractivity contribution is 0.108. The third kappa shape index (κ3) is 3.06.